The largest absolute Gasteiger partial charge is 0.454 e. The molecule has 2 heterocycles. The third-order valence-electron chi connectivity index (χ3n) is 5.96. The Morgan fingerprint density at radius 1 is 1.09 bits per heavy atom. The number of rotatable bonds is 9. The summed E-state index contributed by atoms with van der Waals surface area (Å²) in [5, 5.41) is 0. The van der Waals surface area contributed by atoms with E-state index in [4.69, 9.17) is 15.2 Å². The molecule has 0 bridgehead atoms. The number of carbonyl (C=O) groups excluding carboxylic acids is 1. The van der Waals surface area contributed by atoms with Gasteiger partial charge in [-0.2, -0.15) is 0 Å². The second-order valence-corrected chi connectivity index (χ2v) is 8.98. The van der Waals surface area contributed by atoms with Gasteiger partial charge in [0.25, 0.3) is 5.56 Å². The molecule has 0 saturated heterocycles. The van der Waals surface area contributed by atoms with E-state index >= 15 is 0 Å². The van der Waals surface area contributed by atoms with Crippen LogP contribution in [-0.4, -0.2) is 28.8 Å². The van der Waals surface area contributed by atoms with Crippen LogP contribution in [0.3, 0.4) is 0 Å². The Morgan fingerprint density at radius 2 is 1.83 bits per heavy atom. The summed E-state index contributed by atoms with van der Waals surface area (Å²) in [4.78, 5) is 42.6. The minimum absolute atomic E-state index is 0.0110. The maximum Gasteiger partial charge on any atom is 0.330 e. The van der Waals surface area contributed by atoms with Gasteiger partial charge in [-0.1, -0.05) is 50.2 Å². The van der Waals surface area contributed by atoms with Gasteiger partial charge in [0.05, 0.1) is 6.54 Å². The number of nitrogens with zero attached hydrogens (tertiary/aromatic N) is 2. The SMILES string of the molecule is CC(C)CCN(C(=O)CCc1ccc2c(c1)OCO2)c1c(N)n(Cc2ccccc2)c(=O)[nH]c1=O. The smallest absolute Gasteiger partial charge is 0.330 e. The molecule has 1 aliphatic heterocycles. The molecule has 0 atom stereocenters. The number of aromatic nitrogens is 2. The van der Waals surface area contributed by atoms with Gasteiger partial charge in [-0.3, -0.25) is 19.1 Å². The molecule has 9 heteroatoms. The van der Waals surface area contributed by atoms with Gasteiger partial charge in [-0.25, -0.2) is 4.79 Å². The average molecular weight is 479 g/mol. The summed E-state index contributed by atoms with van der Waals surface area (Å²) in [7, 11) is 0. The fourth-order valence-electron chi connectivity index (χ4n) is 3.99. The van der Waals surface area contributed by atoms with Crippen molar-refractivity contribution in [3.63, 3.8) is 0 Å². The Morgan fingerprint density at radius 3 is 2.57 bits per heavy atom. The number of hydrogen-bond acceptors (Lipinski definition) is 6. The van der Waals surface area contributed by atoms with Crippen LogP contribution >= 0.6 is 0 Å². The van der Waals surface area contributed by atoms with E-state index in [9.17, 15) is 14.4 Å². The lowest BCUT2D eigenvalue weighted by Crippen LogP contribution is -2.42. The van der Waals surface area contributed by atoms with Crippen molar-refractivity contribution in [2.24, 2.45) is 5.92 Å². The first-order chi connectivity index (χ1) is 16.8. The fraction of sp³-hybridized carbons (Fsp3) is 0.346. The second-order valence-electron chi connectivity index (χ2n) is 8.98. The van der Waals surface area contributed by atoms with Crippen molar-refractivity contribution < 1.29 is 14.3 Å². The summed E-state index contributed by atoms with van der Waals surface area (Å²) >= 11 is 0. The Hall–Kier alpha value is -4.01. The Labute approximate surface area is 203 Å². The van der Waals surface area contributed by atoms with Crippen molar-refractivity contribution >= 4 is 17.4 Å². The maximum absolute atomic E-state index is 13.4. The van der Waals surface area contributed by atoms with Crippen molar-refractivity contribution in [1.29, 1.82) is 0 Å². The van der Waals surface area contributed by atoms with Crippen LogP contribution in [0.2, 0.25) is 0 Å². The summed E-state index contributed by atoms with van der Waals surface area (Å²) in [6, 6.07) is 14.9. The fourth-order valence-corrected chi connectivity index (χ4v) is 3.99. The number of carbonyl (C=O) groups is 1. The van der Waals surface area contributed by atoms with Gasteiger partial charge in [0, 0.05) is 13.0 Å². The molecule has 0 fully saturated rings. The molecular weight excluding hydrogens is 448 g/mol. The number of fused-ring (bicyclic) bond motifs is 1. The lowest BCUT2D eigenvalue weighted by atomic mass is 10.1. The summed E-state index contributed by atoms with van der Waals surface area (Å²) in [6.07, 6.45) is 1.29. The number of hydrogen-bond donors (Lipinski definition) is 2. The molecule has 9 nitrogen and oxygen atoms in total. The van der Waals surface area contributed by atoms with E-state index in [1.165, 1.54) is 9.47 Å². The summed E-state index contributed by atoms with van der Waals surface area (Å²) in [5.74, 6) is 1.36. The average Bonchev–Trinajstić information content (AvgIpc) is 3.30. The van der Waals surface area contributed by atoms with Crippen LogP contribution in [0.4, 0.5) is 11.5 Å². The highest BCUT2D eigenvalue weighted by Gasteiger charge is 2.24. The van der Waals surface area contributed by atoms with Gasteiger partial charge in [-0.05, 0) is 42.0 Å². The van der Waals surface area contributed by atoms with Crippen LogP contribution in [0.1, 0.15) is 37.8 Å². The third-order valence-corrected chi connectivity index (χ3v) is 5.96. The highest BCUT2D eigenvalue weighted by Crippen LogP contribution is 2.33. The highest BCUT2D eigenvalue weighted by molar-refractivity contribution is 5.95. The summed E-state index contributed by atoms with van der Waals surface area (Å²) < 4.78 is 12.1. The molecule has 1 aromatic heterocycles. The predicted molar refractivity (Wildman–Crippen MR) is 134 cm³/mol. The molecule has 3 N–H and O–H groups in total. The predicted octanol–water partition coefficient (Wildman–Crippen LogP) is 2.91. The van der Waals surface area contributed by atoms with Crippen molar-refractivity contribution in [3.8, 4) is 11.5 Å². The van der Waals surface area contributed by atoms with E-state index in [-0.39, 0.29) is 37.2 Å². The van der Waals surface area contributed by atoms with Gasteiger partial charge in [-0.15, -0.1) is 0 Å². The Kier molecular flexibility index (Phi) is 7.24. The number of aryl methyl sites for hydroxylation is 1. The number of anilines is 2. The molecule has 0 unspecified atom stereocenters. The zero-order valence-electron chi connectivity index (χ0n) is 20.0. The highest BCUT2D eigenvalue weighted by atomic mass is 16.7. The lowest BCUT2D eigenvalue weighted by molar-refractivity contribution is -0.118. The minimum Gasteiger partial charge on any atom is -0.454 e. The topological polar surface area (TPSA) is 120 Å². The number of aromatic amines is 1. The number of amides is 1. The molecule has 0 saturated carbocycles. The summed E-state index contributed by atoms with van der Waals surface area (Å²) in [6.45, 7) is 4.76. The van der Waals surface area contributed by atoms with Crippen LogP contribution in [-0.2, 0) is 17.8 Å². The van der Waals surface area contributed by atoms with Crippen LogP contribution in [0, 0.1) is 5.92 Å². The maximum atomic E-state index is 13.4. The molecular formula is C26H30N4O5. The monoisotopic (exact) mass is 478 g/mol. The second kappa shape index (κ2) is 10.5. The zero-order chi connectivity index (χ0) is 24.9. The van der Waals surface area contributed by atoms with Crippen molar-refractivity contribution in [1.82, 2.24) is 9.55 Å². The molecule has 35 heavy (non-hydrogen) atoms. The van der Waals surface area contributed by atoms with Crippen LogP contribution < -0.4 is 31.4 Å². The van der Waals surface area contributed by atoms with Crippen LogP contribution in [0.15, 0.2) is 58.1 Å². The molecule has 1 amide bonds. The molecule has 0 aliphatic carbocycles. The number of nitrogen functional groups attached to an aromatic ring is 1. The Balaban J connectivity index is 1.62. The number of nitrogens with two attached hydrogens (primary N) is 1. The first kappa shape index (κ1) is 24.1. The van der Waals surface area contributed by atoms with Gasteiger partial charge in [0.1, 0.15) is 5.82 Å². The molecule has 1 aliphatic rings. The first-order valence-electron chi connectivity index (χ1n) is 11.7. The third kappa shape index (κ3) is 5.56. The van der Waals surface area contributed by atoms with Crippen LogP contribution in [0.25, 0.3) is 0 Å². The van der Waals surface area contributed by atoms with E-state index in [0.29, 0.717) is 36.8 Å². The van der Waals surface area contributed by atoms with E-state index in [2.05, 4.69) is 4.98 Å². The lowest BCUT2D eigenvalue weighted by Gasteiger charge is -2.25. The summed E-state index contributed by atoms with van der Waals surface area (Å²) in [5.41, 5.74) is 6.86. The number of H-pyrrole nitrogens is 1. The number of benzene rings is 2. The Bertz CT molecular complexity index is 1310. The molecule has 2 aromatic carbocycles. The molecule has 4 rings (SSSR count). The zero-order valence-corrected chi connectivity index (χ0v) is 20.0. The molecule has 3 aromatic rings. The van der Waals surface area contributed by atoms with Gasteiger partial charge in [0.2, 0.25) is 12.7 Å². The minimum atomic E-state index is -0.669. The number of nitrogens with one attached hydrogen (secondary N) is 1. The van der Waals surface area contributed by atoms with Crippen molar-refractivity contribution in [2.75, 3.05) is 24.0 Å². The van der Waals surface area contributed by atoms with Gasteiger partial charge >= 0.3 is 5.69 Å². The van der Waals surface area contributed by atoms with E-state index in [1.807, 2.05) is 62.4 Å². The standard InChI is InChI=1S/C26H30N4O5/c1-17(2)12-13-29(22(31)11-9-18-8-10-20-21(14-18)35-16-34-20)23-24(27)30(26(33)28-25(23)32)15-19-6-4-3-5-7-19/h3-8,10,14,17H,9,11-13,15-16,27H2,1-2H3,(H,28,32,33). The van der Waals surface area contributed by atoms with Gasteiger partial charge in [0.15, 0.2) is 17.2 Å². The van der Waals surface area contributed by atoms with E-state index in [0.717, 1.165) is 11.1 Å². The van der Waals surface area contributed by atoms with Gasteiger partial charge < -0.3 is 20.1 Å². The first-order valence-corrected chi connectivity index (χ1v) is 11.7. The molecule has 0 radical (unpaired) electrons. The molecule has 0 spiro atoms. The quantitative estimate of drug-likeness (QED) is 0.488. The number of ether oxygens (including phenoxy) is 2. The van der Waals surface area contributed by atoms with Crippen LogP contribution in [0.5, 0.6) is 11.5 Å². The van der Waals surface area contributed by atoms with E-state index in [1.54, 1.807) is 0 Å². The molecule has 184 valence electrons. The van der Waals surface area contributed by atoms with Crippen molar-refractivity contribution in [2.45, 2.75) is 39.7 Å². The normalized spacial score (nSPS) is 12.2. The van der Waals surface area contributed by atoms with Crippen molar-refractivity contribution in [3.05, 3.63) is 80.5 Å². The van der Waals surface area contributed by atoms with E-state index < -0.39 is 11.2 Å².